The second-order valence-electron chi connectivity index (χ2n) is 12.3. The maximum absolute atomic E-state index is 7.52. The van der Waals surface area contributed by atoms with E-state index in [-0.39, 0.29) is 10.8 Å². The van der Waals surface area contributed by atoms with Gasteiger partial charge in [-0.2, -0.15) is 0 Å². The van der Waals surface area contributed by atoms with E-state index in [9.17, 15) is 0 Å². The third-order valence-electron chi connectivity index (χ3n) is 9.86. The van der Waals surface area contributed by atoms with E-state index in [1.165, 1.54) is 55.7 Å². The highest BCUT2D eigenvalue weighted by Crippen LogP contribution is 2.67. The summed E-state index contributed by atoms with van der Waals surface area (Å²) < 4.78 is 0. The van der Waals surface area contributed by atoms with Gasteiger partial charge in [-0.25, -0.2) is 0 Å². The standard InChI is InChI=1S/C36H41N.C2H6/c1-22(2)31-24(4)19-34(8)21-36(37)20-30-29(18-16-28-13-11-10-12-14-28)17-15-23(3)32(30)25(5)33(36)27(7)35(34,9)26(31)6;1-2/h10-18H,1,5-6,19-21,37H2,2-4,7-9H3;1-2H3/b18-16+;. The molecule has 0 heterocycles. The smallest absolute Gasteiger partial charge is 0.0462 e. The van der Waals surface area contributed by atoms with Crippen LogP contribution in [0, 0.1) is 17.8 Å². The largest absolute Gasteiger partial charge is 0.321 e. The van der Waals surface area contributed by atoms with Crippen LogP contribution < -0.4 is 5.73 Å². The molecule has 3 unspecified atom stereocenters. The molecule has 0 amide bonds. The molecule has 204 valence electrons. The molecule has 5 rings (SSSR count). The third-order valence-corrected chi connectivity index (χ3v) is 9.86. The Hall–Kier alpha value is -3.16. The zero-order valence-corrected chi connectivity index (χ0v) is 25.5. The van der Waals surface area contributed by atoms with Gasteiger partial charge in [-0.3, -0.25) is 0 Å². The van der Waals surface area contributed by atoms with Gasteiger partial charge in [0.1, 0.15) is 0 Å². The van der Waals surface area contributed by atoms with Crippen molar-refractivity contribution in [1.82, 2.24) is 0 Å². The minimum Gasteiger partial charge on any atom is -0.321 e. The van der Waals surface area contributed by atoms with Crippen molar-refractivity contribution >= 4 is 17.7 Å². The Morgan fingerprint density at radius 2 is 1.56 bits per heavy atom. The molecule has 0 saturated heterocycles. The molecule has 39 heavy (non-hydrogen) atoms. The first-order valence-electron chi connectivity index (χ1n) is 14.5. The van der Waals surface area contributed by atoms with Crippen molar-refractivity contribution in [3.63, 3.8) is 0 Å². The average Bonchev–Trinajstić information content (AvgIpc) is 2.87. The van der Waals surface area contributed by atoms with Gasteiger partial charge in [0, 0.05) is 11.0 Å². The lowest BCUT2D eigenvalue weighted by atomic mass is 9.43. The second-order valence-corrected chi connectivity index (χ2v) is 12.3. The Labute approximate surface area is 237 Å². The molecule has 3 aliphatic carbocycles. The Kier molecular flexibility index (Phi) is 7.47. The normalized spacial score (nSPS) is 28.0. The van der Waals surface area contributed by atoms with Crippen molar-refractivity contribution in [3.8, 4) is 0 Å². The van der Waals surface area contributed by atoms with Gasteiger partial charge < -0.3 is 5.73 Å². The lowest BCUT2D eigenvalue weighted by molar-refractivity contribution is 0.0773. The first kappa shape index (κ1) is 28.8. The quantitative estimate of drug-likeness (QED) is 0.403. The molecule has 2 aromatic rings. The number of rotatable bonds is 3. The van der Waals surface area contributed by atoms with E-state index in [1.54, 1.807) is 0 Å². The van der Waals surface area contributed by atoms with Crippen LogP contribution in [0.5, 0.6) is 0 Å². The molecule has 0 spiro atoms. The van der Waals surface area contributed by atoms with E-state index in [1.807, 2.05) is 13.8 Å². The van der Waals surface area contributed by atoms with Crippen LogP contribution in [0.25, 0.3) is 17.7 Å². The van der Waals surface area contributed by atoms with Crippen LogP contribution >= 0.6 is 0 Å². The summed E-state index contributed by atoms with van der Waals surface area (Å²) in [7, 11) is 0. The first-order chi connectivity index (χ1) is 18.3. The van der Waals surface area contributed by atoms with Crippen LogP contribution in [0.15, 0.2) is 95.6 Å². The van der Waals surface area contributed by atoms with Crippen LogP contribution in [-0.4, -0.2) is 5.54 Å². The van der Waals surface area contributed by atoms with E-state index in [0.29, 0.717) is 0 Å². The van der Waals surface area contributed by atoms with Crippen LogP contribution in [0.3, 0.4) is 0 Å². The van der Waals surface area contributed by atoms with Crippen LogP contribution in [0.4, 0.5) is 0 Å². The number of hydrogen-bond donors (Lipinski definition) is 1. The highest BCUT2D eigenvalue weighted by atomic mass is 14.8. The predicted molar refractivity (Wildman–Crippen MR) is 172 cm³/mol. The minimum atomic E-state index is -0.465. The highest BCUT2D eigenvalue weighted by Gasteiger charge is 2.60. The maximum Gasteiger partial charge on any atom is 0.0462 e. The van der Waals surface area contributed by atoms with Crippen LogP contribution in [0.1, 0.15) is 89.1 Å². The summed E-state index contributed by atoms with van der Waals surface area (Å²) in [6.07, 6.45) is 7.16. The van der Waals surface area contributed by atoms with E-state index < -0.39 is 5.54 Å². The van der Waals surface area contributed by atoms with Gasteiger partial charge in [-0.15, -0.1) is 0 Å². The van der Waals surface area contributed by atoms with Crippen molar-refractivity contribution in [2.45, 2.75) is 80.2 Å². The Balaban J connectivity index is 0.00000172. The number of nitrogens with two attached hydrogens (primary N) is 1. The molecule has 2 N–H and O–H groups in total. The third kappa shape index (κ3) is 4.27. The Morgan fingerprint density at radius 1 is 0.923 bits per heavy atom. The van der Waals surface area contributed by atoms with Gasteiger partial charge in [-0.1, -0.05) is 119 Å². The number of benzene rings is 2. The summed E-state index contributed by atoms with van der Waals surface area (Å²) in [5, 5.41) is 0. The molecule has 2 aromatic carbocycles. The topological polar surface area (TPSA) is 26.0 Å². The van der Waals surface area contributed by atoms with Gasteiger partial charge in [-0.05, 0) is 102 Å². The minimum absolute atomic E-state index is 0.0307. The summed E-state index contributed by atoms with van der Waals surface area (Å²) in [5.41, 5.74) is 21.7. The maximum atomic E-state index is 7.52. The molecule has 3 atom stereocenters. The van der Waals surface area contributed by atoms with Crippen LogP contribution in [-0.2, 0) is 6.42 Å². The summed E-state index contributed by atoms with van der Waals surface area (Å²) in [6, 6.07) is 15.0. The lowest BCUT2D eigenvalue weighted by Gasteiger charge is -2.62. The number of fused-ring (bicyclic) bond motifs is 3. The molecular weight excluding hydrogens is 470 g/mol. The number of allylic oxidation sites excluding steroid dienone is 5. The van der Waals surface area contributed by atoms with Crippen molar-refractivity contribution in [3.05, 3.63) is 123 Å². The molecular formula is C38H47N. The van der Waals surface area contributed by atoms with Crippen molar-refractivity contribution in [2.24, 2.45) is 16.6 Å². The first-order valence-corrected chi connectivity index (χ1v) is 14.5. The molecule has 0 bridgehead atoms. The fraction of sp³-hybridized carbons (Fsp3) is 0.368. The van der Waals surface area contributed by atoms with E-state index in [4.69, 9.17) is 18.9 Å². The highest BCUT2D eigenvalue weighted by molar-refractivity contribution is 5.90. The zero-order chi connectivity index (χ0) is 28.9. The Bertz CT molecular complexity index is 1460. The van der Waals surface area contributed by atoms with Crippen molar-refractivity contribution in [1.29, 1.82) is 0 Å². The fourth-order valence-corrected chi connectivity index (χ4v) is 8.09. The summed E-state index contributed by atoms with van der Waals surface area (Å²) >= 11 is 0. The molecule has 0 aromatic heterocycles. The van der Waals surface area contributed by atoms with Crippen LogP contribution in [0.2, 0.25) is 0 Å². The van der Waals surface area contributed by atoms with Gasteiger partial charge in [0.25, 0.3) is 0 Å². The summed E-state index contributed by atoms with van der Waals surface area (Å²) in [4.78, 5) is 0. The SMILES string of the molecule is C=C(C)C1=C(C)CC2(C)CC3(N)Cc4c(/C=C/c5ccccc5)ccc(C)c4C(=C)C3=C(C)C2(C)C1=C.CC. The summed E-state index contributed by atoms with van der Waals surface area (Å²) in [6.45, 7) is 31.4. The second kappa shape index (κ2) is 10.1. The van der Waals surface area contributed by atoms with Gasteiger partial charge in [0.15, 0.2) is 0 Å². The lowest BCUT2D eigenvalue weighted by Crippen LogP contribution is -2.60. The van der Waals surface area contributed by atoms with Gasteiger partial charge in [0.2, 0.25) is 0 Å². The molecule has 1 nitrogen and oxygen atoms in total. The van der Waals surface area contributed by atoms with E-state index in [2.05, 4.69) is 103 Å². The summed E-state index contributed by atoms with van der Waals surface area (Å²) in [5.74, 6) is 0. The fourth-order valence-electron chi connectivity index (χ4n) is 8.09. The number of hydrogen-bond acceptors (Lipinski definition) is 1. The van der Waals surface area contributed by atoms with Crippen molar-refractivity contribution in [2.75, 3.05) is 0 Å². The average molecular weight is 518 g/mol. The molecule has 3 aliphatic rings. The number of aryl methyl sites for hydroxylation is 1. The molecule has 0 fully saturated rings. The van der Waals surface area contributed by atoms with Gasteiger partial charge in [0.05, 0.1) is 0 Å². The molecule has 0 saturated carbocycles. The van der Waals surface area contributed by atoms with E-state index >= 15 is 0 Å². The Morgan fingerprint density at radius 3 is 2.18 bits per heavy atom. The monoisotopic (exact) mass is 517 g/mol. The van der Waals surface area contributed by atoms with Gasteiger partial charge >= 0.3 is 0 Å². The van der Waals surface area contributed by atoms with E-state index in [0.717, 1.165) is 30.4 Å². The molecule has 0 radical (unpaired) electrons. The zero-order valence-electron chi connectivity index (χ0n) is 25.5. The predicted octanol–water partition coefficient (Wildman–Crippen LogP) is 10.0. The molecule has 1 heteroatoms. The molecule has 0 aliphatic heterocycles. The van der Waals surface area contributed by atoms with Crippen molar-refractivity contribution < 1.29 is 0 Å².